The largest absolute Gasteiger partial charge is 0.309 e. The highest BCUT2D eigenvalue weighted by Crippen LogP contribution is 2.25. The van der Waals surface area contributed by atoms with Gasteiger partial charge in [-0.2, -0.15) is 4.80 Å². The van der Waals surface area contributed by atoms with Crippen LogP contribution in [0.1, 0.15) is 18.0 Å². The third kappa shape index (κ3) is 3.13. The van der Waals surface area contributed by atoms with Crippen molar-refractivity contribution in [2.45, 2.75) is 12.5 Å². The number of halogens is 3. The molecule has 0 aliphatic heterocycles. The van der Waals surface area contributed by atoms with E-state index in [0.717, 1.165) is 6.07 Å². The van der Waals surface area contributed by atoms with Gasteiger partial charge in [0.25, 0.3) is 0 Å². The van der Waals surface area contributed by atoms with Crippen LogP contribution in [-0.4, -0.2) is 45.7 Å². The van der Waals surface area contributed by atoms with Crippen LogP contribution in [0.2, 0.25) is 0 Å². The van der Waals surface area contributed by atoms with Gasteiger partial charge in [-0.3, -0.25) is 0 Å². The van der Waals surface area contributed by atoms with E-state index in [9.17, 15) is 13.2 Å². The first kappa shape index (κ1) is 14.4. The minimum atomic E-state index is -1.22. The highest BCUT2D eigenvalue weighted by atomic mass is 19.2. The Labute approximate surface area is 114 Å². The number of hydrogen-bond acceptors (Lipinski definition) is 4. The topological polar surface area (TPSA) is 46.8 Å². The van der Waals surface area contributed by atoms with E-state index in [4.69, 9.17) is 0 Å². The summed E-state index contributed by atoms with van der Waals surface area (Å²) in [6, 6.07) is 0.730. The molecule has 1 aromatic carbocycles. The number of aromatic nitrogens is 4. The zero-order valence-electron chi connectivity index (χ0n) is 11.1. The summed E-state index contributed by atoms with van der Waals surface area (Å²) in [5, 5.41) is 11.1. The summed E-state index contributed by atoms with van der Waals surface area (Å²) < 4.78 is 40.2. The Morgan fingerprint density at radius 3 is 2.45 bits per heavy atom. The molecule has 5 nitrogen and oxygen atoms in total. The first-order valence-electron chi connectivity index (χ1n) is 6.00. The lowest BCUT2D eigenvalue weighted by Gasteiger charge is -2.19. The number of nitrogens with zero attached hydrogens (tertiary/aromatic N) is 5. The molecule has 2 rings (SSSR count). The lowest BCUT2D eigenvalue weighted by Crippen LogP contribution is -2.22. The van der Waals surface area contributed by atoms with Crippen LogP contribution in [0.15, 0.2) is 18.5 Å². The maximum atomic E-state index is 13.9. The fourth-order valence-electron chi connectivity index (χ4n) is 1.89. The van der Waals surface area contributed by atoms with Gasteiger partial charge in [-0.15, -0.1) is 10.2 Å². The van der Waals surface area contributed by atoms with E-state index in [1.807, 2.05) is 19.0 Å². The smallest absolute Gasteiger partial charge is 0.162 e. The molecule has 0 saturated carbocycles. The van der Waals surface area contributed by atoms with Crippen molar-refractivity contribution in [3.05, 3.63) is 41.5 Å². The molecular formula is C12H14F3N5. The summed E-state index contributed by atoms with van der Waals surface area (Å²) in [7, 11) is 3.71. The molecule has 1 aromatic heterocycles. The number of hydrogen-bond donors (Lipinski definition) is 0. The molecule has 108 valence electrons. The SMILES string of the molecule is CN(C)CCC(c1cc(F)c(F)cc1F)n1ncnn1. The van der Waals surface area contributed by atoms with Crippen LogP contribution in [0, 0.1) is 17.5 Å². The van der Waals surface area contributed by atoms with Crippen LogP contribution >= 0.6 is 0 Å². The van der Waals surface area contributed by atoms with Crippen LogP contribution < -0.4 is 0 Å². The third-order valence-electron chi connectivity index (χ3n) is 2.89. The lowest BCUT2D eigenvalue weighted by molar-refractivity contribution is 0.332. The Kier molecular flexibility index (Phi) is 4.33. The molecule has 8 heteroatoms. The summed E-state index contributed by atoms with van der Waals surface area (Å²) in [6.45, 7) is 0.602. The second kappa shape index (κ2) is 6.00. The molecule has 0 amide bonds. The van der Waals surface area contributed by atoms with Gasteiger partial charge in [0, 0.05) is 11.6 Å². The van der Waals surface area contributed by atoms with Crippen molar-refractivity contribution in [3.8, 4) is 0 Å². The molecule has 0 radical (unpaired) electrons. The molecule has 0 fully saturated rings. The summed E-state index contributed by atoms with van der Waals surface area (Å²) >= 11 is 0. The molecule has 0 N–H and O–H groups in total. The van der Waals surface area contributed by atoms with Crippen molar-refractivity contribution < 1.29 is 13.2 Å². The van der Waals surface area contributed by atoms with Crippen LogP contribution in [0.5, 0.6) is 0 Å². The van der Waals surface area contributed by atoms with Crippen LogP contribution in [0.25, 0.3) is 0 Å². The van der Waals surface area contributed by atoms with Gasteiger partial charge in [-0.1, -0.05) is 0 Å². The van der Waals surface area contributed by atoms with Crippen molar-refractivity contribution in [2.75, 3.05) is 20.6 Å². The van der Waals surface area contributed by atoms with Gasteiger partial charge in [0.2, 0.25) is 0 Å². The molecule has 0 aliphatic carbocycles. The fraction of sp³-hybridized carbons (Fsp3) is 0.417. The Morgan fingerprint density at radius 1 is 1.15 bits per heavy atom. The summed E-state index contributed by atoms with van der Waals surface area (Å²) in [4.78, 5) is 3.08. The number of rotatable bonds is 5. The average molecular weight is 285 g/mol. The van der Waals surface area contributed by atoms with E-state index >= 15 is 0 Å². The van der Waals surface area contributed by atoms with E-state index in [-0.39, 0.29) is 5.56 Å². The van der Waals surface area contributed by atoms with Crippen LogP contribution in [-0.2, 0) is 0 Å². The fourth-order valence-corrected chi connectivity index (χ4v) is 1.89. The van der Waals surface area contributed by atoms with E-state index in [1.54, 1.807) is 0 Å². The number of tetrazole rings is 1. The Balaban J connectivity index is 2.38. The van der Waals surface area contributed by atoms with Crippen LogP contribution in [0.4, 0.5) is 13.2 Å². The molecule has 0 spiro atoms. The minimum absolute atomic E-state index is 0.00347. The van der Waals surface area contributed by atoms with Crippen molar-refractivity contribution >= 4 is 0 Å². The maximum absolute atomic E-state index is 13.9. The van der Waals surface area contributed by atoms with E-state index in [1.165, 1.54) is 11.1 Å². The predicted molar refractivity (Wildman–Crippen MR) is 65.4 cm³/mol. The summed E-state index contributed by atoms with van der Waals surface area (Å²) in [5.74, 6) is -3.15. The standard InChI is InChI=1S/C12H14F3N5/c1-19(2)4-3-12(20-17-7-16-18-20)8-5-10(14)11(15)6-9(8)13/h5-7,12H,3-4H2,1-2H3. The molecule has 2 aromatic rings. The first-order valence-corrected chi connectivity index (χ1v) is 6.00. The summed E-state index contributed by atoms with van der Waals surface area (Å²) in [5.41, 5.74) is 0.00347. The zero-order chi connectivity index (χ0) is 14.7. The molecule has 0 aliphatic rings. The molecule has 0 bridgehead atoms. The minimum Gasteiger partial charge on any atom is -0.309 e. The van der Waals surface area contributed by atoms with E-state index < -0.39 is 23.5 Å². The van der Waals surface area contributed by atoms with Gasteiger partial charge < -0.3 is 4.90 Å². The van der Waals surface area contributed by atoms with Gasteiger partial charge in [-0.25, -0.2) is 13.2 Å². The van der Waals surface area contributed by atoms with Gasteiger partial charge in [0.05, 0.1) is 0 Å². The normalized spacial score (nSPS) is 12.9. The molecule has 1 unspecified atom stereocenters. The number of benzene rings is 1. The first-order chi connectivity index (χ1) is 9.49. The Morgan fingerprint density at radius 2 is 1.85 bits per heavy atom. The Bertz CT molecular complexity index is 571. The average Bonchev–Trinajstić information content (AvgIpc) is 2.89. The third-order valence-corrected chi connectivity index (χ3v) is 2.89. The second-order valence-corrected chi connectivity index (χ2v) is 4.65. The second-order valence-electron chi connectivity index (χ2n) is 4.65. The Hall–Kier alpha value is -1.96. The molecule has 20 heavy (non-hydrogen) atoms. The van der Waals surface area contributed by atoms with Crippen molar-refractivity contribution in [2.24, 2.45) is 0 Å². The molecule has 0 saturated heterocycles. The van der Waals surface area contributed by atoms with E-state index in [0.29, 0.717) is 19.0 Å². The van der Waals surface area contributed by atoms with Gasteiger partial charge in [0.15, 0.2) is 18.0 Å². The van der Waals surface area contributed by atoms with Gasteiger partial charge >= 0.3 is 0 Å². The lowest BCUT2D eigenvalue weighted by atomic mass is 10.0. The maximum Gasteiger partial charge on any atom is 0.162 e. The van der Waals surface area contributed by atoms with Crippen molar-refractivity contribution in [1.29, 1.82) is 0 Å². The van der Waals surface area contributed by atoms with Crippen molar-refractivity contribution in [1.82, 2.24) is 25.1 Å². The molecule has 1 heterocycles. The highest BCUT2D eigenvalue weighted by Gasteiger charge is 2.22. The van der Waals surface area contributed by atoms with Crippen LogP contribution in [0.3, 0.4) is 0 Å². The zero-order valence-corrected chi connectivity index (χ0v) is 11.1. The van der Waals surface area contributed by atoms with Gasteiger partial charge in [-0.05, 0) is 38.3 Å². The summed E-state index contributed by atoms with van der Waals surface area (Å²) in [6.07, 6.45) is 1.64. The monoisotopic (exact) mass is 285 g/mol. The van der Waals surface area contributed by atoms with E-state index in [2.05, 4.69) is 15.4 Å². The molecule has 1 atom stereocenters. The predicted octanol–water partition coefficient (Wildman–Crippen LogP) is 1.63. The quantitative estimate of drug-likeness (QED) is 0.783. The highest BCUT2D eigenvalue weighted by molar-refractivity contribution is 5.23. The molecular weight excluding hydrogens is 271 g/mol. The van der Waals surface area contributed by atoms with Gasteiger partial charge in [0.1, 0.15) is 11.9 Å². The van der Waals surface area contributed by atoms with Crippen molar-refractivity contribution in [3.63, 3.8) is 0 Å².